The Labute approximate surface area is 118 Å². The molecule has 0 amide bonds. The number of hydrogen-bond acceptors (Lipinski definition) is 4. The van der Waals surface area contributed by atoms with Gasteiger partial charge < -0.3 is 14.6 Å². The molecule has 0 spiro atoms. The van der Waals surface area contributed by atoms with Crippen LogP contribution in [0.15, 0.2) is 12.1 Å². The van der Waals surface area contributed by atoms with Crippen molar-refractivity contribution in [3.8, 4) is 5.75 Å². The molecule has 0 radical (unpaired) electrons. The number of aliphatic hydroxyl groups is 1. The highest BCUT2D eigenvalue weighted by molar-refractivity contribution is 6.30. The SMILES string of the molecule is CCOC(=O)C(O)c1cc(Cl)cc(OC)c1C(C)C. The molecule has 1 unspecified atom stereocenters. The Balaban J connectivity index is 3.32. The van der Waals surface area contributed by atoms with Crippen LogP contribution in [0.1, 0.15) is 43.9 Å². The van der Waals surface area contributed by atoms with E-state index in [2.05, 4.69) is 0 Å². The average molecular weight is 287 g/mol. The molecular weight excluding hydrogens is 268 g/mol. The molecule has 19 heavy (non-hydrogen) atoms. The maximum atomic E-state index is 11.7. The molecule has 0 bridgehead atoms. The van der Waals surface area contributed by atoms with Crippen molar-refractivity contribution in [2.45, 2.75) is 32.8 Å². The fourth-order valence-electron chi connectivity index (χ4n) is 1.97. The summed E-state index contributed by atoms with van der Waals surface area (Å²) in [5.74, 6) is -0.0548. The van der Waals surface area contributed by atoms with Crippen LogP contribution in [0.5, 0.6) is 5.75 Å². The summed E-state index contributed by atoms with van der Waals surface area (Å²) >= 11 is 5.99. The van der Waals surface area contributed by atoms with Gasteiger partial charge in [0.25, 0.3) is 0 Å². The number of halogens is 1. The highest BCUT2D eigenvalue weighted by Gasteiger charge is 2.25. The highest BCUT2D eigenvalue weighted by Crippen LogP contribution is 2.36. The van der Waals surface area contributed by atoms with Gasteiger partial charge in [-0.1, -0.05) is 25.4 Å². The molecule has 1 aromatic carbocycles. The third kappa shape index (κ3) is 3.61. The van der Waals surface area contributed by atoms with E-state index in [-0.39, 0.29) is 12.5 Å². The molecule has 0 aliphatic carbocycles. The van der Waals surface area contributed by atoms with Crippen molar-refractivity contribution in [3.05, 3.63) is 28.3 Å². The molecule has 1 rings (SSSR count). The number of benzene rings is 1. The predicted molar refractivity (Wildman–Crippen MR) is 73.7 cm³/mol. The van der Waals surface area contributed by atoms with Crippen molar-refractivity contribution >= 4 is 17.6 Å². The zero-order valence-corrected chi connectivity index (χ0v) is 12.3. The van der Waals surface area contributed by atoms with Gasteiger partial charge in [-0.05, 0) is 25.0 Å². The fourth-order valence-corrected chi connectivity index (χ4v) is 2.19. The number of aliphatic hydroxyl groups excluding tert-OH is 1. The number of carbonyl (C=O) groups excluding carboxylic acids is 1. The van der Waals surface area contributed by atoms with E-state index in [1.807, 2.05) is 13.8 Å². The third-order valence-electron chi connectivity index (χ3n) is 2.74. The smallest absolute Gasteiger partial charge is 0.339 e. The minimum atomic E-state index is -1.36. The summed E-state index contributed by atoms with van der Waals surface area (Å²) in [5.41, 5.74) is 1.19. The fraction of sp³-hybridized carbons (Fsp3) is 0.500. The predicted octanol–water partition coefficient (Wildman–Crippen LogP) is 3.07. The van der Waals surface area contributed by atoms with E-state index in [1.54, 1.807) is 19.1 Å². The Bertz CT molecular complexity index is 457. The second-order valence-corrected chi connectivity index (χ2v) is 4.86. The van der Waals surface area contributed by atoms with Gasteiger partial charge in [0.2, 0.25) is 0 Å². The first-order valence-corrected chi connectivity index (χ1v) is 6.52. The zero-order chi connectivity index (χ0) is 14.6. The molecule has 106 valence electrons. The number of hydrogen-bond donors (Lipinski definition) is 1. The molecule has 0 saturated carbocycles. The van der Waals surface area contributed by atoms with E-state index in [1.165, 1.54) is 7.11 Å². The Morgan fingerprint density at radius 2 is 2.05 bits per heavy atom. The molecule has 0 aliphatic heterocycles. The monoisotopic (exact) mass is 286 g/mol. The van der Waals surface area contributed by atoms with E-state index >= 15 is 0 Å². The van der Waals surface area contributed by atoms with Gasteiger partial charge in [0.15, 0.2) is 6.10 Å². The van der Waals surface area contributed by atoms with Crippen molar-refractivity contribution < 1.29 is 19.4 Å². The number of esters is 1. The number of ether oxygens (including phenoxy) is 2. The molecule has 1 atom stereocenters. The molecule has 0 saturated heterocycles. The zero-order valence-electron chi connectivity index (χ0n) is 11.6. The van der Waals surface area contributed by atoms with Gasteiger partial charge in [-0.15, -0.1) is 0 Å². The summed E-state index contributed by atoms with van der Waals surface area (Å²) in [6.45, 7) is 5.80. The average Bonchev–Trinajstić information content (AvgIpc) is 2.36. The summed E-state index contributed by atoms with van der Waals surface area (Å²) in [6, 6.07) is 3.24. The normalized spacial score (nSPS) is 12.4. The van der Waals surface area contributed by atoms with Crippen LogP contribution in [-0.4, -0.2) is 24.8 Å². The lowest BCUT2D eigenvalue weighted by Crippen LogP contribution is -2.17. The number of carbonyl (C=O) groups is 1. The minimum Gasteiger partial charge on any atom is -0.496 e. The lowest BCUT2D eigenvalue weighted by atomic mass is 9.93. The molecular formula is C14H19ClO4. The Morgan fingerprint density at radius 3 is 2.53 bits per heavy atom. The summed E-state index contributed by atoms with van der Waals surface area (Å²) in [6.07, 6.45) is -1.36. The summed E-state index contributed by atoms with van der Waals surface area (Å²) in [7, 11) is 1.53. The van der Waals surface area contributed by atoms with Crippen molar-refractivity contribution in [1.29, 1.82) is 0 Å². The van der Waals surface area contributed by atoms with Crippen LogP contribution >= 0.6 is 11.6 Å². The van der Waals surface area contributed by atoms with Crippen molar-refractivity contribution in [1.82, 2.24) is 0 Å². The van der Waals surface area contributed by atoms with Gasteiger partial charge >= 0.3 is 5.97 Å². The molecule has 0 fully saturated rings. The Hall–Kier alpha value is -1.26. The maximum absolute atomic E-state index is 11.7. The first-order valence-electron chi connectivity index (χ1n) is 6.14. The second kappa shape index (κ2) is 6.78. The van der Waals surface area contributed by atoms with E-state index < -0.39 is 12.1 Å². The largest absolute Gasteiger partial charge is 0.496 e. The first kappa shape index (κ1) is 15.8. The molecule has 0 aliphatic rings. The van der Waals surface area contributed by atoms with Gasteiger partial charge in [-0.25, -0.2) is 4.79 Å². The van der Waals surface area contributed by atoms with Gasteiger partial charge in [0.05, 0.1) is 13.7 Å². The standard InChI is InChI=1S/C14H19ClO4/c1-5-19-14(17)13(16)10-6-9(15)7-11(18-4)12(10)8(2)3/h6-8,13,16H,5H2,1-4H3. The van der Waals surface area contributed by atoms with Gasteiger partial charge in [-0.3, -0.25) is 0 Å². The van der Waals surface area contributed by atoms with Crippen molar-refractivity contribution in [2.24, 2.45) is 0 Å². The number of methoxy groups -OCH3 is 1. The van der Waals surface area contributed by atoms with Crippen LogP contribution in [0.3, 0.4) is 0 Å². The van der Waals surface area contributed by atoms with E-state index in [0.29, 0.717) is 16.3 Å². The quantitative estimate of drug-likeness (QED) is 0.845. The first-order chi connectivity index (χ1) is 8.92. The van der Waals surface area contributed by atoms with Crippen LogP contribution < -0.4 is 4.74 Å². The molecule has 4 nitrogen and oxygen atoms in total. The molecule has 0 aromatic heterocycles. The van der Waals surface area contributed by atoms with Crippen molar-refractivity contribution in [2.75, 3.05) is 13.7 Å². The third-order valence-corrected chi connectivity index (χ3v) is 2.96. The summed E-state index contributed by atoms with van der Waals surface area (Å²) < 4.78 is 10.1. The lowest BCUT2D eigenvalue weighted by molar-refractivity contribution is -0.153. The molecule has 0 heterocycles. The Morgan fingerprint density at radius 1 is 1.42 bits per heavy atom. The lowest BCUT2D eigenvalue weighted by Gasteiger charge is -2.20. The van der Waals surface area contributed by atoms with E-state index in [9.17, 15) is 9.90 Å². The van der Waals surface area contributed by atoms with Gasteiger partial charge in [-0.2, -0.15) is 0 Å². The number of rotatable bonds is 5. The van der Waals surface area contributed by atoms with Crippen LogP contribution in [0.2, 0.25) is 5.02 Å². The Kier molecular flexibility index (Phi) is 5.63. The molecule has 5 heteroatoms. The van der Waals surface area contributed by atoms with Crippen LogP contribution in [0, 0.1) is 0 Å². The van der Waals surface area contributed by atoms with Crippen LogP contribution in [0.25, 0.3) is 0 Å². The van der Waals surface area contributed by atoms with E-state index in [0.717, 1.165) is 5.56 Å². The van der Waals surface area contributed by atoms with Gasteiger partial charge in [0, 0.05) is 16.1 Å². The molecule has 1 N–H and O–H groups in total. The summed E-state index contributed by atoms with van der Waals surface area (Å²) in [5, 5.41) is 10.5. The topological polar surface area (TPSA) is 55.8 Å². The molecule has 1 aromatic rings. The highest BCUT2D eigenvalue weighted by atomic mass is 35.5. The van der Waals surface area contributed by atoms with Gasteiger partial charge in [0.1, 0.15) is 5.75 Å². The van der Waals surface area contributed by atoms with Crippen molar-refractivity contribution in [3.63, 3.8) is 0 Å². The van der Waals surface area contributed by atoms with Crippen LogP contribution in [-0.2, 0) is 9.53 Å². The maximum Gasteiger partial charge on any atom is 0.339 e. The minimum absolute atomic E-state index is 0.0753. The van der Waals surface area contributed by atoms with E-state index in [4.69, 9.17) is 21.1 Å². The summed E-state index contributed by atoms with van der Waals surface area (Å²) in [4.78, 5) is 11.7. The second-order valence-electron chi connectivity index (χ2n) is 4.42. The van der Waals surface area contributed by atoms with Crippen LogP contribution in [0.4, 0.5) is 0 Å².